The zero-order valence-corrected chi connectivity index (χ0v) is 12.5. The molecule has 2 amide bonds. The minimum Gasteiger partial charge on any atom is -0.468 e. The van der Waals surface area contributed by atoms with E-state index in [9.17, 15) is 14.4 Å². The summed E-state index contributed by atoms with van der Waals surface area (Å²) < 4.78 is 4.58. The molecule has 19 heavy (non-hydrogen) atoms. The van der Waals surface area contributed by atoms with Crippen LogP contribution in [0.25, 0.3) is 0 Å². The number of nitrogens with zero attached hydrogens (tertiary/aromatic N) is 1. The Morgan fingerprint density at radius 1 is 1.16 bits per heavy atom. The average Bonchev–Trinajstić information content (AvgIpc) is 2.30. The third kappa shape index (κ3) is 5.72. The van der Waals surface area contributed by atoms with Crippen molar-refractivity contribution in [2.24, 2.45) is 5.92 Å². The number of hydrogen-bond acceptors (Lipinski definition) is 4. The Hall–Kier alpha value is -1.59. The van der Waals surface area contributed by atoms with Gasteiger partial charge in [0.05, 0.1) is 7.11 Å². The summed E-state index contributed by atoms with van der Waals surface area (Å²) in [7, 11) is 1.28. The van der Waals surface area contributed by atoms with Gasteiger partial charge in [-0.05, 0) is 19.8 Å². The van der Waals surface area contributed by atoms with Crippen molar-refractivity contribution in [3.05, 3.63) is 0 Å². The number of nitrogens with one attached hydrogen (secondary N) is 1. The van der Waals surface area contributed by atoms with Crippen LogP contribution < -0.4 is 5.32 Å². The minimum atomic E-state index is -0.635. The second-order valence-corrected chi connectivity index (χ2v) is 5.06. The zero-order chi connectivity index (χ0) is 15.2. The molecule has 0 heterocycles. The predicted molar refractivity (Wildman–Crippen MR) is 71.3 cm³/mol. The SMILES string of the molecule is COC(=O)CN(C(=O)C(NC(C)=O)C(C)C)C(C)C. The molecule has 0 bridgehead atoms. The molecule has 0 fully saturated rings. The maximum atomic E-state index is 12.4. The number of methoxy groups -OCH3 is 1. The lowest BCUT2D eigenvalue weighted by Crippen LogP contribution is -2.53. The lowest BCUT2D eigenvalue weighted by atomic mass is 10.0. The first-order chi connectivity index (χ1) is 8.70. The van der Waals surface area contributed by atoms with Crippen LogP contribution in [0.3, 0.4) is 0 Å². The van der Waals surface area contributed by atoms with E-state index in [2.05, 4.69) is 10.1 Å². The summed E-state index contributed by atoms with van der Waals surface area (Å²) in [5, 5.41) is 2.62. The molecule has 0 aromatic rings. The van der Waals surface area contributed by atoms with Gasteiger partial charge in [-0.2, -0.15) is 0 Å². The van der Waals surface area contributed by atoms with Crippen LogP contribution in [0.5, 0.6) is 0 Å². The highest BCUT2D eigenvalue weighted by Gasteiger charge is 2.30. The van der Waals surface area contributed by atoms with E-state index in [1.54, 1.807) is 0 Å². The van der Waals surface area contributed by atoms with E-state index in [0.717, 1.165) is 0 Å². The molecule has 0 aliphatic rings. The maximum Gasteiger partial charge on any atom is 0.325 e. The average molecular weight is 272 g/mol. The smallest absolute Gasteiger partial charge is 0.325 e. The van der Waals surface area contributed by atoms with Gasteiger partial charge in [-0.25, -0.2) is 0 Å². The third-order valence-corrected chi connectivity index (χ3v) is 2.73. The lowest BCUT2D eigenvalue weighted by molar-refractivity contribution is -0.149. The van der Waals surface area contributed by atoms with E-state index in [0.29, 0.717) is 0 Å². The molecule has 0 rings (SSSR count). The van der Waals surface area contributed by atoms with Crippen molar-refractivity contribution in [3.63, 3.8) is 0 Å². The number of amides is 2. The van der Waals surface area contributed by atoms with Crippen molar-refractivity contribution in [3.8, 4) is 0 Å². The largest absolute Gasteiger partial charge is 0.468 e. The Morgan fingerprint density at radius 3 is 2.00 bits per heavy atom. The normalized spacial score (nSPS) is 12.2. The fourth-order valence-electron chi connectivity index (χ4n) is 1.63. The second-order valence-electron chi connectivity index (χ2n) is 5.06. The molecule has 0 aliphatic carbocycles. The molecule has 110 valence electrons. The summed E-state index contributed by atoms with van der Waals surface area (Å²) in [4.78, 5) is 36.3. The summed E-state index contributed by atoms with van der Waals surface area (Å²) >= 11 is 0. The van der Waals surface area contributed by atoms with Crippen molar-refractivity contribution in [1.29, 1.82) is 0 Å². The molecule has 0 saturated heterocycles. The number of ether oxygens (including phenoxy) is 1. The number of carbonyl (C=O) groups is 3. The molecular weight excluding hydrogens is 248 g/mol. The Kier molecular flexibility index (Phi) is 7.11. The minimum absolute atomic E-state index is 0.0599. The molecule has 0 radical (unpaired) electrons. The summed E-state index contributed by atoms with van der Waals surface area (Å²) in [6.45, 7) is 8.56. The summed E-state index contributed by atoms with van der Waals surface area (Å²) in [6, 6.07) is -0.786. The Morgan fingerprint density at radius 2 is 1.68 bits per heavy atom. The topological polar surface area (TPSA) is 75.7 Å². The van der Waals surface area contributed by atoms with Gasteiger partial charge < -0.3 is 15.0 Å². The fraction of sp³-hybridized carbons (Fsp3) is 0.769. The summed E-state index contributed by atoms with van der Waals surface area (Å²) in [5.74, 6) is -1.08. The Labute approximate surface area is 114 Å². The third-order valence-electron chi connectivity index (χ3n) is 2.73. The molecule has 0 aromatic carbocycles. The molecule has 0 aliphatic heterocycles. The van der Waals surface area contributed by atoms with Crippen molar-refractivity contribution < 1.29 is 19.1 Å². The lowest BCUT2D eigenvalue weighted by Gasteiger charge is -2.31. The van der Waals surface area contributed by atoms with E-state index >= 15 is 0 Å². The van der Waals surface area contributed by atoms with Crippen molar-refractivity contribution in [1.82, 2.24) is 10.2 Å². The monoisotopic (exact) mass is 272 g/mol. The first-order valence-corrected chi connectivity index (χ1v) is 6.35. The van der Waals surface area contributed by atoms with Gasteiger partial charge in [-0.1, -0.05) is 13.8 Å². The first-order valence-electron chi connectivity index (χ1n) is 6.35. The molecular formula is C13H24N2O4. The van der Waals surface area contributed by atoms with Crippen LogP contribution in [-0.4, -0.2) is 48.4 Å². The zero-order valence-electron chi connectivity index (χ0n) is 12.5. The van der Waals surface area contributed by atoms with Crippen LogP contribution >= 0.6 is 0 Å². The Bertz CT molecular complexity index is 340. The van der Waals surface area contributed by atoms with Crippen LogP contribution in [0, 0.1) is 5.92 Å². The van der Waals surface area contributed by atoms with Crippen LogP contribution in [-0.2, 0) is 19.1 Å². The second kappa shape index (κ2) is 7.76. The standard InChI is InChI=1S/C13H24N2O4/c1-8(2)12(14-10(5)16)13(18)15(9(3)4)7-11(17)19-6/h8-9,12H,7H2,1-6H3,(H,14,16). The van der Waals surface area contributed by atoms with Gasteiger partial charge in [0, 0.05) is 13.0 Å². The molecule has 0 aromatic heterocycles. The molecule has 0 saturated carbocycles. The van der Waals surface area contributed by atoms with E-state index in [1.807, 2.05) is 27.7 Å². The number of esters is 1. The molecule has 0 spiro atoms. The van der Waals surface area contributed by atoms with Gasteiger partial charge in [0.15, 0.2) is 0 Å². The maximum absolute atomic E-state index is 12.4. The molecule has 1 unspecified atom stereocenters. The number of carbonyl (C=O) groups excluding carboxylic acids is 3. The van der Waals surface area contributed by atoms with Crippen molar-refractivity contribution >= 4 is 17.8 Å². The van der Waals surface area contributed by atoms with Crippen LogP contribution in [0.1, 0.15) is 34.6 Å². The van der Waals surface area contributed by atoms with Crippen LogP contribution in [0.4, 0.5) is 0 Å². The highest BCUT2D eigenvalue weighted by atomic mass is 16.5. The van der Waals surface area contributed by atoms with Gasteiger partial charge in [-0.3, -0.25) is 14.4 Å². The van der Waals surface area contributed by atoms with Crippen LogP contribution in [0.15, 0.2) is 0 Å². The van der Waals surface area contributed by atoms with Gasteiger partial charge >= 0.3 is 5.97 Å². The van der Waals surface area contributed by atoms with Crippen molar-refractivity contribution in [2.45, 2.75) is 46.7 Å². The highest BCUT2D eigenvalue weighted by molar-refractivity contribution is 5.89. The fourth-order valence-corrected chi connectivity index (χ4v) is 1.63. The van der Waals surface area contributed by atoms with E-state index in [1.165, 1.54) is 18.9 Å². The number of hydrogen-bond donors (Lipinski definition) is 1. The van der Waals surface area contributed by atoms with Crippen molar-refractivity contribution in [2.75, 3.05) is 13.7 Å². The first kappa shape index (κ1) is 17.4. The van der Waals surface area contributed by atoms with Gasteiger partial charge in [0.25, 0.3) is 0 Å². The quantitative estimate of drug-likeness (QED) is 0.717. The van der Waals surface area contributed by atoms with E-state index < -0.39 is 12.0 Å². The highest BCUT2D eigenvalue weighted by Crippen LogP contribution is 2.09. The Balaban J connectivity index is 5.02. The predicted octanol–water partition coefficient (Wildman–Crippen LogP) is 0.557. The molecule has 1 atom stereocenters. The van der Waals surface area contributed by atoms with Gasteiger partial charge in [0.2, 0.25) is 11.8 Å². The van der Waals surface area contributed by atoms with Gasteiger partial charge in [-0.15, -0.1) is 0 Å². The van der Waals surface area contributed by atoms with Crippen LogP contribution in [0.2, 0.25) is 0 Å². The molecule has 1 N–H and O–H groups in total. The number of rotatable bonds is 6. The molecule has 6 nitrogen and oxygen atoms in total. The van der Waals surface area contributed by atoms with Gasteiger partial charge in [0.1, 0.15) is 12.6 Å². The summed E-state index contributed by atoms with van der Waals surface area (Å²) in [5.41, 5.74) is 0. The summed E-state index contributed by atoms with van der Waals surface area (Å²) in [6.07, 6.45) is 0. The molecule has 6 heteroatoms. The van der Waals surface area contributed by atoms with E-state index in [4.69, 9.17) is 0 Å². The van der Waals surface area contributed by atoms with E-state index in [-0.39, 0.29) is 30.3 Å².